The van der Waals surface area contributed by atoms with E-state index in [2.05, 4.69) is 46.8 Å². The Hall–Kier alpha value is -1.65. The molecule has 1 aromatic carbocycles. The van der Waals surface area contributed by atoms with Crippen LogP contribution < -0.4 is 5.73 Å². The number of aryl methyl sites for hydroxylation is 2. The van der Waals surface area contributed by atoms with Gasteiger partial charge in [-0.3, -0.25) is 4.40 Å². The number of hydrogen-bond donors (Lipinski definition) is 1. The van der Waals surface area contributed by atoms with Gasteiger partial charge >= 0.3 is 0 Å². The third-order valence-electron chi connectivity index (χ3n) is 3.33. The number of benzene rings is 1. The molecule has 92 valence electrons. The molecular weight excluding hydrogens is 242 g/mol. The van der Waals surface area contributed by atoms with E-state index in [-0.39, 0.29) is 0 Å². The monoisotopic (exact) mass is 257 g/mol. The van der Waals surface area contributed by atoms with E-state index in [0.29, 0.717) is 6.54 Å². The molecule has 0 fully saturated rings. The molecule has 0 bridgehead atoms. The summed E-state index contributed by atoms with van der Waals surface area (Å²) in [5.41, 5.74) is 11.8. The fraction of sp³-hybridized carbons (Fsp3) is 0.214. The zero-order valence-electron chi connectivity index (χ0n) is 10.5. The smallest absolute Gasteiger partial charge is 0.194 e. The highest BCUT2D eigenvalue weighted by atomic mass is 32.1. The van der Waals surface area contributed by atoms with E-state index in [9.17, 15) is 0 Å². The summed E-state index contributed by atoms with van der Waals surface area (Å²) < 4.78 is 2.15. The van der Waals surface area contributed by atoms with Crippen LogP contribution in [0.3, 0.4) is 0 Å². The van der Waals surface area contributed by atoms with Crippen molar-refractivity contribution in [1.82, 2.24) is 9.38 Å². The predicted octanol–water partition coefficient (Wildman–Crippen LogP) is 3.14. The molecular formula is C14H15N3S. The first kappa shape index (κ1) is 11.4. The lowest BCUT2D eigenvalue weighted by Gasteiger charge is -2.06. The first-order chi connectivity index (χ1) is 8.70. The van der Waals surface area contributed by atoms with Gasteiger partial charge in [-0.2, -0.15) is 0 Å². The number of aromatic nitrogens is 2. The number of fused-ring (bicyclic) bond motifs is 1. The summed E-state index contributed by atoms with van der Waals surface area (Å²) in [6.07, 6.45) is 1.86. The SMILES string of the molecule is Cc1ccc(-c2csc3ncc(CN)n23)cc1C. The molecule has 3 aromatic rings. The van der Waals surface area contributed by atoms with Gasteiger partial charge < -0.3 is 5.73 Å². The van der Waals surface area contributed by atoms with E-state index in [0.717, 1.165) is 10.7 Å². The van der Waals surface area contributed by atoms with Crippen LogP contribution in [0.4, 0.5) is 0 Å². The van der Waals surface area contributed by atoms with Gasteiger partial charge in [-0.05, 0) is 36.6 Å². The Labute approximate surface area is 110 Å². The normalized spacial score (nSPS) is 11.3. The number of hydrogen-bond acceptors (Lipinski definition) is 3. The fourth-order valence-corrected chi connectivity index (χ4v) is 3.01. The molecule has 0 amide bonds. The molecule has 2 heterocycles. The van der Waals surface area contributed by atoms with Crippen molar-refractivity contribution in [2.24, 2.45) is 5.73 Å². The summed E-state index contributed by atoms with van der Waals surface area (Å²) in [5, 5.41) is 2.14. The van der Waals surface area contributed by atoms with E-state index in [4.69, 9.17) is 5.73 Å². The Bertz CT molecular complexity index is 709. The van der Waals surface area contributed by atoms with Gasteiger partial charge in [0.1, 0.15) is 0 Å². The van der Waals surface area contributed by atoms with E-state index in [1.807, 2.05) is 6.20 Å². The summed E-state index contributed by atoms with van der Waals surface area (Å²) in [6, 6.07) is 6.54. The van der Waals surface area contributed by atoms with Gasteiger partial charge in [-0.1, -0.05) is 12.1 Å². The minimum absolute atomic E-state index is 0.510. The quantitative estimate of drug-likeness (QED) is 0.766. The molecule has 4 heteroatoms. The second-order valence-electron chi connectivity index (χ2n) is 4.49. The van der Waals surface area contributed by atoms with Crippen molar-refractivity contribution in [3.8, 4) is 11.3 Å². The van der Waals surface area contributed by atoms with Crippen LogP contribution in [0.5, 0.6) is 0 Å². The van der Waals surface area contributed by atoms with Crippen LogP contribution in [0.25, 0.3) is 16.2 Å². The molecule has 0 atom stereocenters. The van der Waals surface area contributed by atoms with Crippen molar-refractivity contribution < 1.29 is 0 Å². The third kappa shape index (κ3) is 1.65. The van der Waals surface area contributed by atoms with Crippen molar-refractivity contribution >= 4 is 16.3 Å². The van der Waals surface area contributed by atoms with Crippen molar-refractivity contribution in [1.29, 1.82) is 0 Å². The van der Waals surface area contributed by atoms with Gasteiger partial charge in [-0.25, -0.2) is 4.98 Å². The lowest BCUT2D eigenvalue weighted by molar-refractivity contribution is 0.970. The third-order valence-corrected chi connectivity index (χ3v) is 4.17. The molecule has 0 spiro atoms. The number of rotatable bonds is 2. The van der Waals surface area contributed by atoms with Gasteiger partial charge in [0, 0.05) is 11.9 Å². The van der Waals surface area contributed by atoms with Crippen molar-refractivity contribution in [2.75, 3.05) is 0 Å². The largest absolute Gasteiger partial charge is 0.325 e. The highest BCUT2D eigenvalue weighted by molar-refractivity contribution is 7.15. The molecule has 2 aromatic heterocycles. The Morgan fingerprint density at radius 1 is 1.28 bits per heavy atom. The van der Waals surface area contributed by atoms with Crippen LogP contribution in [0, 0.1) is 13.8 Å². The Morgan fingerprint density at radius 2 is 2.11 bits per heavy atom. The minimum Gasteiger partial charge on any atom is -0.325 e. The van der Waals surface area contributed by atoms with Crippen molar-refractivity contribution in [2.45, 2.75) is 20.4 Å². The maximum absolute atomic E-state index is 5.76. The van der Waals surface area contributed by atoms with Gasteiger partial charge in [0.05, 0.1) is 17.6 Å². The molecule has 0 aliphatic heterocycles. The Balaban J connectivity index is 2.24. The fourth-order valence-electron chi connectivity index (χ4n) is 2.11. The highest BCUT2D eigenvalue weighted by Crippen LogP contribution is 2.28. The maximum Gasteiger partial charge on any atom is 0.194 e. The second kappa shape index (κ2) is 4.23. The van der Waals surface area contributed by atoms with Crippen LogP contribution >= 0.6 is 11.3 Å². The summed E-state index contributed by atoms with van der Waals surface area (Å²) >= 11 is 1.65. The molecule has 18 heavy (non-hydrogen) atoms. The van der Waals surface area contributed by atoms with Gasteiger partial charge in [0.15, 0.2) is 4.96 Å². The second-order valence-corrected chi connectivity index (χ2v) is 5.33. The zero-order chi connectivity index (χ0) is 12.7. The van der Waals surface area contributed by atoms with Crippen LogP contribution in [-0.4, -0.2) is 9.38 Å². The van der Waals surface area contributed by atoms with Crippen LogP contribution in [0.1, 0.15) is 16.8 Å². The average molecular weight is 257 g/mol. The molecule has 2 N–H and O–H groups in total. The van der Waals surface area contributed by atoms with Crippen LogP contribution in [0.2, 0.25) is 0 Å². The van der Waals surface area contributed by atoms with E-state index >= 15 is 0 Å². The molecule has 0 aliphatic carbocycles. The van der Waals surface area contributed by atoms with Gasteiger partial charge in [0.25, 0.3) is 0 Å². The van der Waals surface area contributed by atoms with Crippen LogP contribution in [0.15, 0.2) is 29.8 Å². The number of thiazole rings is 1. The highest BCUT2D eigenvalue weighted by Gasteiger charge is 2.11. The first-order valence-electron chi connectivity index (χ1n) is 5.92. The molecule has 0 saturated carbocycles. The zero-order valence-corrected chi connectivity index (χ0v) is 11.3. The van der Waals surface area contributed by atoms with Crippen molar-refractivity contribution in [3.05, 3.63) is 46.6 Å². The average Bonchev–Trinajstić information content (AvgIpc) is 2.93. The molecule has 0 radical (unpaired) electrons. The number of imidazole rings is 1. The predicted molar refractivity (Wildman–Crippen MR) is 75.9 cm³/mol. The lowest BCUT2D eigenvalue weighted by Crippen LogP contribution is -2.01. The van der Waals surface area contributed by atoms with Gasteiger partial charge in [-0.15, -0.1) is 11.3 Å². The summed E-state index contributed by atoms with van der Waals surface area (Å²) in [4.78, 5) is 5.38. The molecule has 3 rings (SSSR count). The molecule has 0 aliphatic rings. The van der Waals surface area contributed by atoms with Crippen LogP contribution in [-0.2, 0) is 6.54 Å². The maximum atomic E-state index is 5.76. The van der Waals surface area contributed by atoms with E-state index < -0.39 is 0 Å². The summed E-state index contributed by atoms with van der Waals surface area (Å²) in [6.45, 7) is 4.78. The van der Waals surface area contributed by atoms with E-state index in [1.54, 1.807) is 11.3 Å². The topological polar surface area (TPSA) is 43.3 Å². The Morgan fingerprint density at radius 3 is 2.83 bits per heavy atom. The standard InChI is InChI=1S/C14H15N3S/c1-9-3-4-11(5-10(9)2)13-8-18-14-16-7-12(6-15)17(13)14/h3-5,7-8H,6,15H2,1-2H3. The summed E-state index contributed by atoms with van der Waals surface area (Å²) in [7, 11) is 0. The Kier molecular flexibility index (Phi) is 2.69. The van der Waals surface area contributed by atoms with Gasteiger partial charge in [0.2, 0.25) is 0 Å². The molecule has 0 saturated heterocycles. The lowest BCUT2D eigenvalue weighted by atomic mass is 10.0. The summed E-state index contributed by atoms with van der Waals surface area (Å²) in [5.74, 6) is 0. The first-order valence-corrected chi connectivity index (χ1v) is 6.80. The van der Waals surface area contributed by atoms with E-state index in [1.165, 1.54) is 22.4 Å². The minimum atomic E-state index is 0.510. The molecule has 3 nitrogen and oxygen atoms in total. The number of nitrogens with zero attached hydrogens (tertiary/aromatic N) is 2. The molecule has 0 unspecified atom stereocenters. The van der Waals surface area contributed by atoms with Crippen molar-refractivity contribution in [3.63, 3.8) is 0 Å². The number of nitrogens with two attached hydrogens (primary N) is 1.